The molecule has 0 spiro atoms. The van der Waals surface area contributed by atoms with Crippen molar-refractivity contribution in [1.82, 2.24) is 24.7 Å². The number of aryl methyl sites for hydroxylation is 2. The zero-order valence-corrected chi connectivity index (χ0v) is 17.7. The molecule has 0 N–H and O–H groups in total. The molecule has 29 heavy (non-hydrogen) atoms. The number of rotatable bonds is 9. The lowest BCUT2D eigenvalue weighted by atomic mass is 10.2. The largest absolute Gasteiger partial charge is 0.301 e. The maximum atomic E-state index is 10.8. The Morgan fingerprint density at radius 3 is 2.41 bits per heavy atom. The van der Waals surface area contributed by atoms with E-state index >= 15 is 0 Å². The van der Waals surface area contributed by atoms with E-state index in [0.717, 1.165) is 33.1 Å². The average molecular weight is 429 g/mol. The molecule has 0 aliphatic rings. The highest BCUT2D eigenvalue weighted by atomic mass is 32.2. The summed E-state index contributed by atoms with van der Waals surface area (Å²) in [5.41, 5.74) is 2.94. The number of allylic oxidation sites excluding steroid dienone is 1. The molecule has 0 bridgehead atoms. The van der Waals surface area contributed by atoms with E-state index in [1.807, 2.05) is 24.5 Å². The van der Waals surface area contributed by atoms with Gasteiger partial charge in [-0.2, -0.15) is 0 Å². The van der Waals surface area contributed by atoms with Gasteiger partial charge in [0, 0.05) is 35.8 Å². The van der Waals surface area contributed by atoms with Gasteiger partial charge in [-0.3, -0.25) is 10.1 Å². The van der Waals surface area contributed by atoms with E-state index in [9.17, 15) is 10.1 Å². The highest BCUT2D eigenvalue weighted by Crippen LogP contribution is 2.26. The lowest BCUT2D eigenvalue weighted by molar-refractivity contribution is -0.384. The molecule has 0 fully saturated rings. The van der Waals surface area contributed by atoms with E-state index in [1.54, 1.807) is 18.2 Å². The molecule has 8 nitrogen and oxygen atoms in total. The number of nitrogens with zero attached hydrogens (tertiary/aromatic N) is 6. The van der Waals surface area contributed by atoms with Crippen LogP contribution < -0.4 is 0 Å². The van der Waals surface area contributed by atoms with Gasteiger partial charge in [0.15, 0.2) is 10.3 Å². The van der Waals surface area contributed by atoms with Crippen molar-refractivity contribution < 1.29 is 4.92 Å². The lowest BCUT2D eigenvalue weighted by Crippen LogP contribution is -2.03. The molecular formula is C19H20N6O2S2. The summed E-state index contributed by atoms with van der Waals surface area (Å²) in [5.74, 6) is 2.06. The second-order valence-electron chi connectivity index (χ2n) is 6.23. The molecule has 1 aromatic carbocycles. The van der Waals surface area contributed by atoms with Gasteiger partial charge in [-0.15, -0.1) is 16.8 Å². The molecule has 0 unspecified atom stereocenters. The minimum atomic E-state index is -0.402. The first kappa shape index (κ1) is 21.0. The van der Waals surface area contributed by atoms with Crippen molar-refractivity contribution in [1.29, 1.82) is 0 Å². The molecule has 3 rings (SSSR count). The van der Waals surface area contributed by atoms with Gasteiger partial charge in [0.1, 0.15) is 5.82 Å². The highest BCUT2D eigenvalue weighted by Gasteiger charge is 2.14. The quantitative estimate of drug-likeness (QED) is 0.163. The van der Waals surface area contributed by atoms with Gasteiger partial charge in [-0.05, 0) is 25.5 Å². The Bertz CT molecular complexity index is 1000. The second kappa shape index (κ2) is 9.66. The third-order valence-corrected chi connectivity index (χ3v) is 5.79. The number of aromatic nitrogens is 5. The average Bonchev–Trinajstić information content (AvgIpc) is 3.06. The van der Waals surface area contributed by atoms with Gasteiger partial charge in [0.25, 0.3) is 5.69 Å². The fourth-order valence-corrected chi connectivity index (χ4v) is 4.41. The first-order chi connectivity index (χ1) is 14.0. The molecule has 0 saturated heterocycles. The summed E-state index contributed by atoms with van der Waals surface area (Å²) < 4.78 is 2.01. The Labute approximate surface area is 177 Å². The maximum absolute atomic E-state index is 10.8. The van der Waals surface area contributed by atoms with E-state index in [2.05, 4.69) is 26.7 Å². The van der Waals surface area contributed by atoms with Gasteiger partial charge < -0.3 is 4.57 Å². The standard InChI is InChI=1S/C19H20N6O2S2/c1-4-9-24-17(12-28-18-20-13(2)10-14(3)21-18)22-23-19(24)29-11-15-5-7-16(8-6-15)25(26)27/h4-8,10H,1,9,11-12H2,2-3H3. The number of benzene rings is 1. The fourth-order valence-electron chi connectivity index (χ4n) is 2.59. The van der Waals surface area contributed by atoms with E-state index < -0.39 is 4.92 Å². The van der Waals surface area contributed by atoms with Crippen molar-refractivity contribution >= 4 is 29.2 Å². The van der Waals surface area contributed by atoms with Crippen LogP contribution in [0.1, 0.15) is 22.8 Å². The van der Waals surface area contributed by atoms with Crippen molar-refractivity contribution in [2.24, 2.45) is 0 Å². The van der Waals surface area contributed by atoms with Gasteiger partial charge in [-0.25, -0.2) is 9.97 Å². The molecule has 3 aromatic rings. The highest BCUT2D eigenvalue weighted by molar-refractivity contribution is 7.98. The van der Waals surface area contributed by atoms with Crippen LogP contribution in [0, 0.1) is 24.0 Å². The van der Waals surface area contributed by atoms with E-state index in [4.69, 9.17) is 0 Å². The molecule has 0 radical (unpaired) electrons. The smallest absolute Gasteiger partial charge is 0.269 e. The Morgan fingerprint density at radius 1 is 1.10 bits per heavy atom. The van der Waals surface area contributed by atoms with E-state index in [-0.39, 0.29) is 5.69 Å². The summed E-state index contributed by atoms with van der Waals surface area (Å²) in [4.78, 5) is 19.3. The van der Waals surface area contributed by atoms with Crippen molar-refractivity contribution in [2.75, 3.05) is 0 Å². The monoisotopic (exact) mass is 428 g/mol. The van der Waals surface area contributed by atoms with Crippen LogP contribution in [0.3, 0.4) is 0 Å². The van der Waals surface area contributed by atoms with E-state index in [1.165, 1.54) is 35.7 Å². The van der Waals surface area contributed by atoms with Gasteiger partial charge in [0.05, 0.1) is 10.7 Å². The van der Waals surface area contributed by atoms with Gasteiger partial charge >= 0.3 is 0 Å². The lowest BCUT2D eigenvalue weighted by Gasteiger charge is -2.08. The normalized spacial score (nSPS) is 10.8. The SMILES string of the molecule is C=CCn1c(CSc2nc(C)cc(C)n2)nnc1SCc1ccc([N+](=O)[O-])cc1. The van der Waals surface area contributed by atoms with Crippen LogP contribution >= 0.6 is 23.5 Å². The number of nitro benzene ring substituents is 1. The van der Waals surface area contributed by atoms with Crippen LogP contribution in [0.15, 0.2) is 53.3 Å². The molecule has 0 aliphatic heterocycles. The molecule has 0 atom stereocenters. The third kappa shape index (κ3) is 5.64. The van der Waals surface area contributed by atoms with Crippen LogP contribution in [0.4, 0.5) is 5.69 Å². The Morgan fingerprint density at radius 2 is 1.79 bits per heavy atom. The first-order valence-electron chi connectivity index (χ1n) is 8.80. The van der Waals surface area contributed by atoms with Gasteiger partial charge in [0.2, 0.25) is 0 Å². The van der Waals surface area contributed by atoms with Crippen molar-refractivity contribution in [2.45, 2.75) is 42.2 Å². The summed E-state index contributed by atoms with van der Waals surface area (Å²) in [6.07, 6.45) is 1.81. The molecule has 0 saturated carbocycles. The molecule has 0 aliphatic carbocycles. The Hall–Kier alpha value is -2.72. The zero-order valence-electron chi connectivity index (χ0n) is 16.1. The number of hydrogen-bond acceptors (Lipinski definition) is 8. The Balaban J connectivity index is 1.69. The number of nitro groups is 1. The fraction of sp³-hybridized carbons (Fsp3) is 0.263. The van der Waals surface area contributed by atoms with Crippen molar-refractivity contribution in [3.8, 4) is 0 Å². The summed E-state index contributed by atoms with van der Waals surface area (Å²) in [5, 5.41) is 20.9. The van der Waals surface area contributed by atoms with Crippen LogP contribution in [0.2, 0.25) is 0 Å². The molecule has 10 heteroatoms. The van der Waals surface area contributed by atoms with E-state index in [0.29, 0.717) is 18.1 Å². The predicted molar refractivity (Wildman–Crippen MR) is 114 cm³/mol. The van der Waals surface area contributed by atoms with Crippen molar-refractivity contribution in [3.63, 3.8) is 0 Å². The van der Waals surface area contributed by atoms with Crippen molar-refractivity contribution in [3.05, 3.63) is 75.9 Å². The molecular weight excluding hydrogens is 408 g/mol. The number of non-ortho nitro benzene ring substituents is 1. The summed E-state index contributed by atoms with van der Waals surface area (Å²) in [6, 6.07) is 8.48. The molecule has 0 amide bonds. The summed E-state index contributed by atoms with van der Waals surface area (Å²) in [6.45, 7) is 8.32. The summed E-state index contributed by atoms with van der Waals surface area (Å²) >= 11 is 3.05. The third-order valence-electron chi connectivity index (χ3n) is 3.91. The van der Waals surface area contributed by atoms with Crippen LogP contribution in [0.5, 0.6) is 0 Å². The summed E-state index contributed by atoms with van der Waals surface area (Å²) in [7, 11) is 0. The first-order valence-corrected chi connectivity index (χ1v) is 10.8. The molecule has 2 aromatic heterocycles. The minimum absolute atomic E-state index is 0.0847. The van der Waals surface area contributed by atoms with Crippen LogP contribution in [-0.2, 0) is 18.1 Å². The second-order valence-corrected chi connectivity index (χ2v) is 8.12. The molecule has 150 valence electrons. The Kier molecular flexibility index (Phi) is 6.99. The van der Waals surface area contributed by atoms with Crippen LogP contribution in [0.25, 0.3) is 0 Å². The number of thioether (sulfide) groups is 2. The predicted octanol–water partition coefficient (Wildman–Crippen LogP) is 4.36. The topological polar surface area (TPSA) is 99.6 Å². The van der Waals surface area contributed by atoms with Gasteiger partial charge in [-0.1, -0.05) is 41.7 Å². The minimum Gasteiger partial charge on any atom is -0.301 e. The maximum Gasteiger partial charge on any atom is 0.269 e. The van der Waals surface area contributed by atoms with Crippen LogP contribution in [-0.4, -0.2) is 29.7 Å². The zero-order chi connectivity index (χ0) is 20.8. The number of hydrogen-bond donors (Lipinski definition) is 0. The molecule has 2 heterocycles.